The van der Waals surface area contributed by atoms with E-state index in [9.17, 15) is 8.78 Å². The second-order valence-electron chi connectivity index (χ2n) is 2.64. The largest absolute Gasteiger partial charge is 0.456 e. The lowest BCUT2D eigenvalue weighted by Gasteiger charge is -2.02. The molecule has 1 aromatic carbocycles. The molecule has 0 N–H and O–H groups in total. The van der Waals surface area contributed by atoms with Crippen LogP contribution in [0, 0.1) is 11.6 Å². The van der Waals surface area contributed by atoms with E-state index in [0.29, 0.717) is 11.5 Å². The quantitative estimate of drug-likeness (QED) is 0.735. The summed E-state index contributed by atoms with van der Waals surface area (Å²) in [5, 5.41) is 3.62. The zero-order valence-corrected chi connectivity index (χ0v) is 7.85. The van der Waals surface area contributed by atoms with Crippen LogP contribution in [-0.2, 0) is 0 Å². The normalized spacial score (nSPS) is 10.1. The van der Waals surface area contributed by atoms with Crippen LogP contribution in [0.3, 0.4) is 0 Å². The van der Waals surface area contributed by atoms with Crippen LogP contribution in [0.4, 0.5) is 8.78 Å². The van der Waals surface area contributed by atoms with Gasteiger partial charge in [0.2, 0.25) is 0 Å². The molecule has 2 rings (SSSR count). The van der Waals surface area contributed by atoms with Crippen LogP contribution in [-0.4, -0.2) is 0 Å². The van der Waals surface area contributed by atoms with E-state index in [1.165, 1.54) is 17.4 Å². The summed E-state index contributed by atoms with van der Waals surface area (Å²) in [6.45, 7) is 0. The average molecular weight is 212 g/mol. The van der Waals surface area contributed by atoms with Gasteiger partial charge in [0.25, 0.3) is 0 Å². The minimum Gasteiger partial charge on any atom is -0.456 e. The molecule has 0 aliphatic carbocycles. The molecule has 0 spiro atoms. The molecule has 0 radical (unpaired) electrons. The first-order valence-corrected chi connectivity index (χ1v) is 4.85. The van der Waals surface area contributed by atoms with Gasteiger partial charge in [-0.15, -0.1) is 11.3 Å². The Kier molecular flexibility index (Phi) is 2.45. The predicted octanol–water partition coefficient (Wildman–Crippen LogP) is 3.82. The summed E-state index contributed by atoms with van der Waals surface area (Å²) in [6, 6.07) is 5.20. The zero-order chi connectivity index (χ0) is 9.97. The molecule has 2 aromatic rings. The molecule has 0 unspecified atom stereocenters. The molecule has 0 aliphatic rings. The Labute approximate surface area is 83.6 Å². The van der Waals surface area contributed by atoms with E-state index in [-0.39, 0.29) is 0 Å². The van der Waals surface area contributed by atoms with Gasteiger partial charge in [0, 0.05) is 11.4 Å². The maximum Gasteiger partial charge on any atom is 0.162 e. The third-order valence-corrected chi connectivity index (χ3v) is 2.28. The summed E-state index contributed by atoms with van der Waals surface area (Å²) in [4.78, 5) is 0. The summed E-state index contributed by atoms with van der Waals surface area (Å²) in [7, 11) is 0. The predicted molar refractivity (Wildman–Crippen MR) is 50.8 cm³/mol. The molecule has 0 fully saturated rings. The van der Waals surface area contributed by atoms with Crippen LogP contribution in [0.15, 0.2) is 35.0 Å². The first kappa shape index (κ1) is 9.15. The first-order valence-electron chi connectivity index (χ1n) is 3.91. The van der Waals surface area contributed by atoms with Crippen molar-refractivity contribution in [2.75, 3.05) is 0 Å². The first-order chi connectivity index (χ1) is 6.75. The van der Waals surface area contributed by atoms with Crippen molar-refractivity contribution in [3.63, 3.8) is 0 Å². The van der Waals surface area contributed by atoms with Crippen LogP contribution < -0.4 is 4.74 Å². The van der Waals surface area contributed by atoms with Crippen LogP contribution >= 0.6 is 11.3 Å². The smallest absolute Gasteiger partial charge is 0.162 e. The van der Waals surface area contributed by atoms with Crippen molar-refractivity contribution < 1.29 is 13.5 Å². The van der Waals surface area contributed by atoms with Gasteiger partial charge in [-0.3, -0.25) is 0 Å². The van der Waals surface area contributed by atoms with Crippen molar-refractivity contribution in [3.8, 4) is 11.5 Å². The van der Waals surface area contributed by atoms with E-state index in [2.05, 4.69) is 0 Å². The number of hydrogen-bond acceptors (Lipinski definition) is 2. The Morgan fingerprint density at radius 1 is 1.00 bits per heavy atom. The Morgan fingerprint density at radius 3 is 2.50 bits per heavy atom. The highest BCUT2D eigenvalue weighted by Gasteiger charge is 2.03. The maximum atomic E-state index is 12.8. The van der Waals surface area contributed by atoms with Gasteiger partial charge in [-0.1, -0.05) is 0 Å². The molecule has 0 bridgehead atoms. The van der Waals surface area contributed by atoms with Gasteiger partial charge < -0.3 is 4.74 Å². The van der Waals surface area contributed by atoms with Crippen molar-refractivity contribution in [2.24, 2.45) is 0 Å². The molecule has 4 heteroatoms. The second-order valence-corrected chi connectivity index (χ2v) is 3.42. The van der Waals surface area contributed by atoms with Gasteiger partial charge >= 0.3 is 0 Å². The van der Waals surface area contributed by atoms with Gasteiger partial charge in [0.1, 0.15) is 11.5 Å². The van der Waals surface area contributed by atoms with Crippen molar-refractivity contribution in [1.82, 2.24) is 0 Å². The molecule has 1 heterocycles. The molecule has 1 aromatic heterocycles. The monoisotopic (exact) mass is 212 g/mol. The van der Waals surface area contributed by atoms with Crippen molar-refractivity contribution in [2.45, 2.75) is 0 Å². The molecule has 72 valence electrons. The minimum atomic E-state index is -0.905. The number of rotatable bonds is 2. The van der Waals surface area contributed by atoms with Gasteiger partial charge in [-0.05, 0) is 23.6 Å². The average Bonchev–Trinajstić information content (AvgIpc) is 2.64. The third-order valence-electron chi connectivity index (χ3n) is 1.62. The molecule has 0 saturated heterocycles. The van der Waals surface area contributed by atoms with Crippen LogP contribution in [0.1, 0.15) is 0 Å². The highest BCUT2D eigenvalue weighted by molar-refractivity contribution is 7.08. The number of benzene rings is 1. The molecule has 0 atom stereocenters. The molecular weight excluding hydrogens is 206 g/mol. The van der Waals surface area contributed by atoms with E-state index in [4.69, 9.17) is 4.74 Å². The highest BCUT2D eigenvalue weighted by Crippen LogP contribution is 2.24. The second kappa shape index (κ2) is 3.75. The summed E-state index contributed by atoms with van der Waals surface area (Å²) in [5.74, 6) is -0.858. The van der Waals surface area contributed by atoms with E-state index in [1.807, 2.05) is 5.38 Å². The lowest BCUT2D eigenvalue weighted by Crippen LogP contribution is -1.86. The number of hydrogen-bond donors (Lipinski definition) is 0. The van der Waals surface area contributed by atoms with Crippen LogP contribution in [0.5, 0.6) is 11.5 Å². The van der Waals surface area contributed by atoms with Crippen molar-refractivity contribution in [3.05, 3.63) is 46.7 Å². The fraction of sp³-hybridized carbons (Fsp3) is 0. The van der Waals surface area contributed by atoms with Gasteiger partial charge in [-0.25, -0.2) is 8.78 Å². The fourth-order valence-electron chi connectivity index (χ4n) is 0.986. The molecule has 0 saturated carbocycles. The Balaban J connectivity index is 2.22. The summed E-state index contributed by atoms with van der Waals surface area (Å²) in [6.07, 6.45) is 0. The summed E-state index contributed by atoms with van der Waals surface area (Å²) in [5.41, 5.74) is 0. The molecule has 0 amide bonds. The summed E-state index contributed by atoms with van der Waals surface area (Å²) < 4.78 is 30.6. The van der Waals surface area contributed by atoms with Gasteiger partial charge in [0.15, 0.2) is 11.6 Å². The van der Waals surface area contributed by atoms with Crippen molar-refractivity contribution in [1.29, 1.82) is 0 Å². The molecule has 14 heavy (non-hydrogen) atoms. The lowest BCUT2D eigenvalue weighted by molar-refractivity contribution is 0.463. The number of thiophene rings is 1. The molecule has 1 nitrogen and oxygen atoms in total. The van der Waals surface area contributed by atoms with Crippen molar-refractivity contribution >= 4 is 11.3 Å². The number of halogens is 2. The van der Waals surface area contributed by atoms with Crippen LogP contribution in [0.2, 0.25) is 0 Å². The highest BCUT2D eigenvalue weighted by atomic mass is 32.1. The topological polar surface area (TPSA) is 9.23 Å². The lowest BCUT2D eigenvalue weighted by atomic mass is 10.3. The third kappa shape index (κ3) is 1.90. The fourth-order valence-corrected chi connectivity index (χ4v) is 1.54. The standard InChI is InChI=1S/C10H6F2OS/c11-9-2-1-7(5-10(9)12)13-8-3-4-14-6-8/h1-6H. The number of ether oxygens (including phenoxy) is 1. The Hall–Kier alpha value is -1.42. The van der Waals surface area contributed by atoms with E-state index in [1.54, 1.807) is 11.4 Å². The SMILES string of the molecule is Fc1ccc(Oc2ccsc2)cc1F. The minimum absolute atomic E-state index is 0.294. The van der Waals surface area contributed by atoms with Gasteiger partial charge in [0.05, 0.1) is 0 Å². The Morgan fingerprint density at radius 2 is 1.86 bits per heavy atom. The van der Waals surface area contributed by atoms with Gasteiger partial charge in [-0.2, -0.15) is 0 Å². The van der Waals surface area contributed by atoms with Crippen LogP contribution in [0.25, 0.3) is 0 Å². The molecule has 0 aliphatic heterocycles. The Bertz CT molecular complexity index is 426. The van der Waals surface area contributed by atoms with E-state index >= 15 is 0 Å². The molecular formula is C10H6F2OS. The van der Waals surface area contributed by atoms with E-state index < -0.39 is 11.6 Å². The summed E-state index contributed by atoms with van der Waals surface area (Å²) >= 11 is 1.47. The van der Waals surface area contributed by atoms with E-state index in [0.717, 1.165) is 12.1 Å². The maximum absolute atomic E-state index is 12.8. The zero-order valence-electron chi connectivity index (χ0n) is 7.04.